The molecule has 0 aliphatic carbocycles. The molecule has 0 N–H and O–H groups in total. The zero-order chi connectivity index (χ0) is 29.8. The number of allylic oxidation sites excluding steroid dienone is 1. The number of benzene rings is 2. The van der Waals surface area contributed by atoms with E-state index in [1.54, 1.807) is 55.5 Å². The van der Waals surface area contributed by atoms with Crippen molar-refractivity contribution in [2.24, 2.45) is 10.9 Å². The zero-order valence-electron chi connectivity index (χ0n) is 23.5. The molecular formula is C30H30N2O8S. The molecule has 0 radical (unpaired) electrons. The first kappa shape index (κ1) is 29.5. The summed E-state index contributed by atoms with van der Waals surface area (Å²) in [7, 11) is 1.43. The molecule has 11 heteroatoms. The van der Waals surface area contributed by atoms with Crippen LogP contribution in [0.5, 0.6) is 17.2 Å². The van der Waals surface area contributed by atoms with Crippen LogP contribution in [0.3, 0.4) is 0 Å². The summed E-state index contributed by atoms with van der Waals surface area (Å²) in [5, 5.41) is 0. The van der Waals surface area contributed by atoms with E-state index in [9.17, 15) is 19.2 Å². The molecule has 0 spiro atoms. The Balaban J connectivity index is 1.90. The quantitative estimate of drug-likeness (QED) is 0.295. The molecular weight excluding hydrogens is 548 g/mol. The third kappa shape index (κ3) is 6.63. The molecule has 1 aromatic heterocycles. The molecule has 2 heterocycles. The van der Waals surface area contributed by atoms with Crippen LogP contribution in [0.1, 0.15) is 51.8 Å². The molecule has 0 bridgehead atoms. The largest absolute Gasteiger partial charge is 0.493 e. The van der Waals surface area contributed by atoms with Crippen molar-refractivity contribution in [1.29, 1.82) is 0 Å². The third-order valence-electron chi connectivity index (χ3n) is 5.96. The summed E-state index contributed by atoms with van der Waals surface area (Å²) in [5.41, 5.74) is 1.43. The number of fused-ring (bicyclic) bond motifs is 1. The molecule has 0 saturated carbocycles. The van der Waals surface area contributed by atoms with Gasteiger partial charge >= 0.3 is 17.9 Å². The van der Waals surface area contributed by atoms with Gasteiger partial charge in [-0.3, -0.25) is 19.0 Å². The van der Waals surface area contributed by atoms with Crippen molar-refractivity contribution < 1.29 is 33.3 Å². The van der Waals surface area contributed by atoms with Crippen molar-refractivity contribution in [1.82, 2.24) is 4.57 Å². The third-order valence-corrected chi connectivity index (χ3v) is 6.95. The highest BCUT2D eigenvalue weighted by Crippen LogP contribution is 2.36. The predicted molar refractivity (Wildman–Crippen MR) is 152 cm³/mol. The Morgan fingerprint density at radius 2 is 1.78 bits per heavy atom. The minimum absolute atomic E-state index is 0.102. The van der Waals surface area contributed by atoms with E-state index in [0.717, 1.165) is 0 Å². The monoisotopic (exact) mass is 578 g/mol. The van der Waals surface area contributed by atoms with Crippen molar-refractivity contribution in [3.8, 4) is 17.2 Å². The smallest absolute Gasteiger partial charge is 0.338 e. The zero-order valence-corrected chi connectivity index (χ0v) is 24.4. The molecule has 1 aliphatic heterocycles. The number of ether oxygens (including phenoxy) is 4. The number of carbonyl (C=O) groups excluding carboxylic acids is 3. The maximum atomic E-state index is 13.9. The number of hydrogen-bond acceptors (Lipinski definition) is 10. The number of thiazole rings is 1. The Morgan fingerprint density at radius 1 is 1.05 bits per heavy atom. The van der Waals surface area contributed by atoms with E-state index in [-0.39, 0.29) is 35.2 Å². The topological polar surface area (TPSA) is 122 Å². The molecule has 3 aromatic rings. The Kier molecular flexibility index (Phi) is 8.87. The summed E-state index contributed by atoms with van der Waals surface area (Å²) in [4.78, 5) is 55.3. The summed E-state index contributed by atoms with van der Waals surface area (Å²) in [6, 6.07) is 10.7. The van der Waals surface area contributed by atoms with Gasteiger partial charge in [0.15, 0.2) is 16.3 Å². The lowest BCUT2D eigenvalue weighted by Crippen LogP contribution is -2.40. The highest BCUT2D eigenvalue weighted by Gasteiger charge is 2.34. The van der Waals surface area contributed by atoms with E-state index >= 15 is 0 Å². The van der Waals surface area contributed by atoms with E-state index < -0.39 is 23.9 Å². The Labute approximate surface area is 240 Å². The van der Waals surface area contributed by atoms with Crippen molar-refractivity contribution in [3.05, 3.63) is 84.5 Å². The second-order valence-corrected chi connectivity index (χ2v) is 10.8. The average Bonchev–Trinajstić information content (AvgIpc) is 3.20. The lowest BCUT2D eigenvalue weighted by molar-refractivity contribution is -0.140. The van der Waals surface area contributed by atoms with Crippen LogP contribution in [0.2, 0.25) is 0 Å². The highest BCUT2D eigenvalue weighted by atomic mass is 32.1. The van der Waals surface area contributed by atoms with Crippen LogP contribution in [-0.4, -0.2) is 36.2 Å². The molecule has 2 aromatic carbocycles. The van der Waals surface area contributed by atoms with Crippen molar-refractivity contribution >= 4 is 35.3 Å². The summed E-state index contributed by atoms with van der Waals surface area (Å²) < 4.78 is 23.3. The van der Waals surface area contributed by atoms with Gasteiger partial charge in [-0.25, -0.2) is 9.79 Å². The van der Waals surface area contributed by atoms with Gasteiger partial charge in [0.2, 0.25) is 0 Å². The fourth-order valence-electron chi connectivity index (χ4n) is 4.30. The Bertz CT molecular complexity index is 1730. The number of esters is 3. The van der Waals surface area contributed by atoms with E-state index in [4.69, 9.17) is 18.9 Å². The predicted octanol–water partition coefficient (Wildman–Crippen LogP) is 3.29. The van der Waals surface area contributed by atoms with Crippen LogP contribution in [0.4, 0.5) is 0 Å². The van der Waals surface area contributed by atoms with Gasteiger partial charge < -0.3 is 18.9 Å². The molecule has 10 nitrogen and oxygen atoms in total. The number of carbonyl (C=O) groups is 3. The number of nitrogens with zero attached hydrogens (tertiary/aromatic N) is 2. The second kappa shape index (κ2) is 12.3. The summed E-state index contributed by atoms with van der Waals surface area (Å²) in [6.07, 6.45) is 1.67. The van der Waals surface area contributed by atoms with Gasteiger partial charge in [-0.2, -0.15) is 0 Å². The maximum absolute atomic E-state index is 13.9. The van der Waals surface area contributed by atoms with Crippen molar-refractivity contribution in [2.75, 3.05) is 13.7 Å². The number of rotatable bonds is 8. The van der Waals surface area contributed by atoms with Gasteiger partial charge in [0, 0.05) is 13.8 Å². The Hall–Kier alpha value is -4.51. The minimum Gasteiger partial charge on any atom is -0.493 e. The molecule has 41 heavy (non-hydrogen) atoms. The van der Waals surface area contributed by atoms with E-state index in [0.29, 0.717) is 31.9 Å². The normalized spacial score (nSPS) is 14.8. The molecule has 1 aliphatic rings. The van der Waals surface area contributed by atoms with Crippen molar-refractivity contribution in [3.63, 3.8) is 0 Å². The summed E-state index contributed by atoms with van der Waals surface area (Å²) in [6.45, 7) is 8.34. The summed E-state index contributed by atoms with van der Waals surface area (Å²) >= 11 is 1.17. The van der Waals surface area contributed by atoms with Gasteiger partial charge in [-0.05, 0) is 54.3 Å². The van der Waals surface area contributed by atoms with E-state index in [1.807, 2.05) is 13.8 Å². The standard InChI is InChI=1S/C30H30N2O8S/c1-16(2)15-38-29(36)26-17(3)31-30-32(27(26)21-10-11-23(40-19(5)34)24(14-21)37-6)28(35)25(41-30)13-20-8-7-9-22(12-20)39-18(4)33/h7-14,16,27H,15H2,1-6H3/b25-13-. The molecule has 0 saturated heterocycles. The molecule has 214 valence electrons. The van der Waals surface area contributed by atoms with Crippen LogP contribution < -0.4 is 29.1 Å². The fourth-order valence-corrected chi connectivity index (χ4v) is 5.34. The molecule has 1 atom stereocenters. The van der Waals surface area contributed by atoms with Crippen LogP contribution >= 0.6 is 11.3 Å². The van der Waals surface area contributed by atoms with Gasteiger partial charge in [-0.1, -0.05) is 43.4 Å². The molecule has 0 amide bonds. The maximum Gasteiger partial charge on any atom is 0.338 e. The first-order chi connectivity index (χ1) is 19.5. The lowest BCUT2D eigenvalue weighted by atomic mass is 9.95. The molecule has 0 fully saturated rings. The van der Waals surface area contributed by atoms with Gasteiger partial charge in [0.05, 0.1) is 35.6 Å². The number of hydrogen-bond donors (Lipinski definition) is 0. The summed E-state index contributed by atoms with van der Waals surface area (Å²) in [5.74, 6) is -0.649. The molecule has 1 unspecified atom stereocenters. The Morgan fingerprint density at radius 3 is 2.44 bits per heavy atom. The number of aromatic nitrogens is 1. The SMILES string of the molecule is COc1cc(C2C(C(=O)OCC(C)C)=C(C)N=c3s/c(=C\c4cccc(OC(C)=O)c4)c(=O)n32)ccc1OC(C)=O. The lowest BCUT2D eigenvalue weighted by Gasteiger charge is -2.25. The first-order valence-corrected chi connectivity index (χ1v) is 13.6. The van der Waals surface area contributed by atoms with Gasteiger partial charge in [-0.15, -0.1) is 0 Å². The highest BCUT2D eigenvalue weighted by molar-refractivity contribution is 7.07. The van der Waals surface area contributed by atoms with E-state index in [1.165, 1.54) is 36.9 Å². The molecule has 4 rings (SSSR count). The van der Waals surface area contributed by atoms with Crippen LogP contribution in [0.25, 0.3) is 6.08 Å². The minimum atomic E-state index is -0.888. The van der Waals surface area contributed by atoms with Gasteiger partial charge in [0.25, 0.3) is 5.56 Å². The first-order valence-electron chi connectivity index (χ1n) is 12.8. The van der Waals surface area contributed by atoms with E-state index in [2.05, 4.69) is 4.99 Å². The number of methoxy groups -OCH3 is 1. The fraction of sp³-hybridized carbons (Fsp3) is 0.300. The van der Waals surface area contributed by atoms with Crippen LogP contribution in [0.15, 0.2) is 63.5 Å². The van der Waals surface area contributed by atoms with Crippen LogP contribution in [-0.2, 0) is 19.1 Å². The van der Waals surface area contributed by atoms with Crippen LogP contribution in [0, 0.1) is 5.92 Å². The van der Waals surface area contributed by atoms with Crippen molar-refractivity contribution in [2.45, 2.75) is 40.7 Å². The van der Waals surface area contributed by atoms with Gasteiger partial charge in [0.1, 0.15) is 5.75 Å². The second-order valence-electron chi connectivity index (χ2n) is 9.74. The average molecular weight is 579 g/mol.